The van der Waals surface area contributed by atoms with Crippen LogP contribution < -0.4 is 10.1 Å². The van der Waals surface area contributed by atoms with Gasteiger partial charge in [-0.05, 0) is 68.6 Å². The highest BCUT2D eigenvalue weighted by Gasteiger charge is 2.10. The minimum atomic E-state index is -0.160. The predicted octanol–water partition coefficient (Wildman–Crippen LogP) is 5.64. The van der Waals surface area contributed by atoms with Crippen LogP contribution in [0.25, 0.3) is 0 Å². The van der Waals surface area contributed by atoms with Gasteiger partial charge in [0.15, 0.2) is 0 Å². The molecule has 1 N–H and O–H groups in total. The minimum absolute atomic E-state index is 0.160. The molecule has 0 atom stereocenters. The zero-order valence-corrected chi connectivity index (χ0v) is 15.4. The Morgan fingerprint density at radius 2 is 1.91 bits per heavy atom. The number of hydrogen-bond donors (Lipinski definition) is 1. The smallest absolute Gasteiger partial charge is 0.255 e. The summed E-state index contributed by atoms with van der Waals surface area (Å²) in [5, 5.41) is 2.88. The van der Waals surface area contributed by atoms with E-state index in [2.05, 4.69) is 44.1 Å². The van der Waals surface area contributed by atoms with E-state index >= 15 is 0 Å². The van der Waals surface area contributed by atoms with Crippen LogP contribution >= 0.6 is 31.9 Å². The summed E-state index contributed by atoms with van der Waals surface area (Å²) in [7, 11) is 0. The second-order valence-corrected chi connectivity index (χ2v) is 6.49. The summed E-state index contributed by atoms with van der Waals surface area (Å²) in [4.78, 5) is 12.3. The Morgan fingerprint density at radius 1 is 1.14 bits per heavy atom. The number of rotatable bonds is 6. The Balaban J connectivity index is 2.07. The van der Waals surface area contributed by atoms with Crippen molar-refractivity contribution in [2.45, 2.75) is 19.8 Å². The summed E-state index contributed by atoms with van der Waals surface area (Å²) >= 11 is 6.87. The fraction of sp³-hybridized carbons (Fsp3) is 0.235. The van der Waals surface area contributed by atoms with Crippen LogP contribution in [0.4, 0.5) is 5.69 Å². The normalized spacial score (nSPS) is 10.3. The zero-order valence-electron chi connectivity index (χ0n) is 12.2. The molecule has 3 nitrogen and oxygen atoms in total. The topological polar surface area (TPSA) is 38.3 Å². The molecular formula is C17H17Br2NO2. The van der Waals surface area contributed by atoms with E-state index in [1.165, 1.54) is 0 Å². The number of ether oxygens (including phenoxy) is 1. The van der Waals surface area contributed by atoms with E-state index in [4.69, 9.17) is 4.74 Å². The predicted molar refractivity (Wildman–Crippen MR) is 96.6 cm³/mol. The van der Waals surface area contributed by atoms with Gasteiger partial charge in [-0.15, -0.1) is 0 Å². The second kappa shape index (κ2) is 8.34. The van der Waals surface area contributed by atoms with Crippen LogP contribution in [-0.4, -0.2) is 12.5 Å². The number of nitrogens with one attached hydrogen (secondary N) is 1. The van der Waals surface area contributed by atoms with Crippen LogP contribution in [0.15, 0.2) is 51.4 Å². The number of unbranched alkanes of at least 4 members (excludes halogenated alkanes) is 1. The summed E-state index contributed by atoms with van der Waals surface area (Å²) in [5.74, 6) is 0.596. The van der Waals surface area contributed by atoms with Gasteiger partial charge in [0, 0.05) is 10.0 Å². The van der Waals surface area contributed by atoms with Gasteiger partial charge in [0.2, 0.25) is 0 Å². The average Bonchev–Trinajstić information content (AvgIpc) is 2.51. The van der Waals surface area contributed by atoms with Gasteiger partial charge in [-0.1, -0.05) is 25.5 Å². The molecule has 2 aromatic carbocycles. The maximum atomic E-state index is 12.3. The van der Waals surface area contributed by atoms with Crippen molar-refractivity contribution in [2.24, 2.45) is 0 Å². The van der Waals surface area contributed by atoms with Crippen molar-refractivity contribution in [3.05, 3.63) is 57.0 Å². The number of benzene rings is 2. The van der Waals surface area contributed by atoms with Gasteiger partial charge in [-0.3, -0.25) is 4.79 Å². The highest BCUT2D eigenvalue weighted by Crippen LogP contribution is 2.27. The molecule has 116 valence electrons. The van der Waals surface area contributed by atoms with Gasteiger partial charge in [0.25, 0.3) is 5.91 Å². The van der Waals surface area contributed by atoms with E-state index in [1.54, 1.807) is 12.1 Å². The molecule has 0 aliphatic carbocycles. The molecule has 0 saturated carbocycles. The van der Waals surface area contributed by atoms with Gasteiger partial charge < -0.3 is 10.1 Å². The van der Waals surface area contributed by atoms with Crippen LogP contribution in [0.3, 0.4) is 0 Å². The number of para-hydroxylation sites is 1. The third-order valence-corrected chi connectivity index (χ3v) is 4.38. The van der Waals surface area contributed by atoms with Crippen molar-refractivity contribution in [2.75, 3.05) is 11.9 Å². The number of amides is 1. The molecule has 1 amide bonds. The summed E-state index contributed by atoms with van der Waals surface area (Å²) in [5.41, 5.74) is 1.32. The Labute approximate surface area is 147 Å². The summed E-state index contributed by atoms with van der Waals surface area (Å²) in [6.45, 7) is 2.80. The molecule has 2 aromatic rings. The maximum Gasteiger partial charge on any atom is 0.255 e. The van der Waals surface area contributed by atoms with Gasteiger partial charge in [-0.25, -0.2) is 0 Å². The number of hydrogen-bond acceptors (Lipinski definition) is 2. The average molecular weight is 427 g/mol. The third-order valence-electron chi connectivity index (χ3n) is 3.07. The molecule has 0 aromatic heterocycles. The molecule has 0 fully saturated rings. The summed E-state index contributed by atoms with van der Waals surface area (Å²) < 4.78 is 7.29. The van der Waals surface area contributed by atoms with Crippen LogP contribution in [0.5, 0.6) is 5.75 Å². The largest absolute Gasteiger partial charge is 0.492 e. The van der Waals surface area contributed by atoms with Gasteiger partial charge >= 0.3 is 0 Å². The Kier molecular flexibility index (Phi) is 6.46. The number of halogens is 2. The van der Waals surface area contributed by atoms with E-state index < -0.39 is 0 Å². The van der Waals surface area contributed by atoms with Gasteiger partial charge in [0.05, 0.1) is 16.8 Å². The van der Waals surface area contributed by atoms with E-state index in [0.29, 0.717) is 12.2 Å². The van der Waals surface area contributed by atoms with E-state index in [9.17, 15) is 4.79 Å². The third kappa shape index (κ3) is 4.58. The van der Waals surface area contributed by atoms with E-state index in [1.807, 2.05) is 30.3 Å². The molecular weight excluding hydrogens is 410 g/mol. The lowest BCUT2D eigenvalue weighted by Crippen LogP contribution is -2.12. The number of anilines is 1. The Morgan fingerprint density at radius 3 is 2.59 bits per heavy atom. The molecule has 0 radical (unpaired) electrons. The minimum Gasteiger partial charge on any atom is -0.492 e. The standard InChI is InChI=1S/C17H17Br2NO2/c1-2-3-10-22-16-9-8-12(11-14(16)19)17(21)20-15-7-5-4-6-13(15)18/h4-9,11H,2-3,10H2,1H3,(H,20,21). The summed E-state index contributed by atoms with van der Waals surface area (Å²) in [6, 6.07) is 12.9. The Bertz CT molecular complexity index is 659. The quantitative estimate of drug-likeness (QED) is 0.606. The van der Waals surface area contributed by atoms with Gasteiger partial charge in [0.1, 0.15) is 5.75 Å². The van der Waals surface area contributed by atoms with Crippen molar-refractivity contribution in [1.29, 1.82) is 0 Å². The molecule has 2 rings (SSSR count). The lowest BCUT2D eigenvalue weighted by atomic mass is 10.2. The van der Waals surface area contributed by atoms with Crippen molar-refractivity contribution >= 4 is 43.5 Å². The van der Waals surface area contributed by atoms with Crippen LogP contribution in [0, 0.1) is 0 Å². The van der Waals surface area contributed by atoms with E-state index in [0.717, 1.165) is 33.2 Å². The molecule has 0 saturated heterocycles. The molecule has 0 bridgehead atoms. The van der Waals surface area contributed by atoms with Crippen LogP contribution in [0.2, 0.25) is 0 Å². The molecule has 5 heteroatoms. The maximum absolute atomic E-state index is 12.3. The second-order valence-electron chi connectivity index (χ2n) is 4.78. The summed E-state index contributed by atoms with van der Waals surface area (Å²) in [6.07, 6.45) is 2.10. The molecule has 0 aliphatic heterocycles. The zero-order chi connectivity index (χ0) is 15.9. The van der Waals surface area contributed by atoms with Crippen molar-refractivity contribution in [3.63, 3.8) is 0 Å². The number of carbonyl (C=O) groups excluding carboxylic acids is 1. The van der Waals surface area contributed by atoms with Crippen LogP contribution in [0.1, 0.15) is 30.1 Å². The highest BCUT2D eigenvalue weighted by molar-refractivity contribution is 9.11. The van der Waals surface area contributed by atoms with Crippen LogP contribution in [-0.2, 0) is 0 Å². The molecule has 22 heavy (non-hydrogen) atoms. The lowest BCUT2D eigenvalue weighted by Gasteiger charge is -2.10. The first-order valence-corrected chi connectivity index (χ1v) is 8.68. The SMILES string of the molecule is CCCCOc1ccc(C(=O)Nc2ccccc2Br)cc1Br. The molecule has 0 heterocycles. The molecule has 0 spiro atoms. The van der Waals surface area contributed by atoms with Crippen molar-refractivity contribution < 1.29 is 9.53 Å². The highest BCUT2D eigenvalue weighted by atomic mass is 79.9. The first kappa shape index (κ1) is 17.0. The van der Waals surface area contributed by atoms with E-state index in [-0.39, 0.29) is 5.91 Å². The first-order valence-electron chi connectivity index (χ1n) is 7.10. The lowest BCUT2D eigenvalue weighted by molar-refractivity contribution is 0.102. The fourth-order valence-corrected chi connectivity index (χ4v) is 2.72. The fourth-order valence-electron chi connectivity index (χ4n) is 1.84. The molecule has 0 aliphatic rings. The van der Waals surface area contributed by atoms with Gasteiger partial charge in [-0.2, -0.15) is 0 Å². The number of carbonyl (C=O) groups is 1. The van der Waals surface area contributed by atoms with Crippen molar-refractivity contribution in [1.82, 2.24) is 0 Å². The Hall–Kier alpha value is -1.33. The monoisotopic (exact) mass is 425 g/mol. The first-order chi connectivity index (χ1) is 10.6. The molecule has 0 unspecified atom stereocenters. The van der Waals surface area contributed by atoms with Crippen molar-refractivity contribution in [3.8, 4) is 5.75 Å².